The van der Waals surface area contributed by atoms with Gasteiger partial charge in [0.05, 0.1) is 6.20 Å². The molecule has 0 aliphatic carbocycles. The first kappa shape index (κ1) is 16.6. The van der Waals surface area contributed by atoms with Crippen molar-refractivity contribution in [1.82, 2.24) is 15.0 Å². The predicted octanol–water partition coefficient (Wildman–Crippen LogP) is 4.29. The zero-order valence-electron chi connectivity index (χ0n) is 14.2. The van der Waals surface area contributed by atoms with Crippen LogP contribution < -0.4 is 10.7 Å². The van der Waals surface area contributed by atoms with Gasteiger partial charge in [-0.2, -0.15) is 0 Å². The molecule has 0 aliphatic rings. The summed E-state index contributed by atoms with van der Waals surface area (Å²) < 4.78 is 5.81. The van der Waals surface area contributed by atoms with Crippen LogP contribution >= 0.6 is 11.3 Å². The molecule has 124 valence electrons. The van der Waals surface area contributed by atoms with Gasteiger partial charge < -0.3 is 9.73 Å². The Morgan fingerprint density at radius 2 is 1.96 bits per heavy atom. The van der Waals surface area contributed by atoms with E-state index in [1.165, 1.54) is 0 Å². The van der Waals surface area contributed by atoms with Crippen molar-refractivity contribution in [2.24, 2.45) is 0 Å². The number of hydrogen-bond donors (Lipinski definition) is 1. The second-order valence-electron chi connectivity index (χ2n) is 6.50. The van der Waals surface area contributed by atoms with Gasteiger partial charge in [0, 0.05) is 22.8 Å². The summed E-state index contributed by atoms with van der Waals surface area (Å²) >= 11 is 1.56. The summed E-state index contributed by atoms with van der Waals surface area (Å²) in [5.74, 6) is 1.43. The largest absolute Gasteiger partial charge is 0.447 e. The fraction of sp³-hybridized carbons (Fsp3) is 0.235. The number of hydrogen-bond acceptors (Lipinski definition) is 6. The first-order valence-electron chi connectivity index (χ1n) is 7.71. The van der Waals surface area contributed by atoms with Crippen LogP contribution in [0.25, 0.3) is 12.2 Å². The highest BCUT2D eigenvalue weighted by Crippen LogP contribution is 2.23. The van der Waals surface area contributed by atoms with Crippen LogP contribution in [-0.2, 0) is 0 Å². The van der Waals surface area contributed by atoms with Crippen LogP contribution in [0.2, 0.25) is 19.6 Å². The van der Waals surface area contributed by atoms with Gasteiger partial charge in [-0.25, -0.2) is 15.0 Å². The summed E-state index contributed by atoms with van der Waals surface area (Å²) in [6.45, 7) is 8.68. The molecule has 0 aromatic carbocycles. The summed E-state index contributed by atoms with van der Waals surface area (Å²) in [4.78, 5) is 14.1. The first-order chi connectivity index (χ1) is 11.4. The van der Waals surface area contributed by atoms with Crippen LogP contribution in [0.4, 0.5) is 10.9 Å². The second-order valence-corrected chi connectivity index (χ2v) is 12.6. The third-order valence-electron chi connectivity index (χ3n) is 3.30. The van der Waals surface area contributed by atoms with Crippen LogP contribution in [0, 0.1) is 6.92 Å². The van der Waals surface area contributed by atoms with Crippen molar-refractivity contribution < 1.29 is 4.42 Å². The van der Waals surface area contributed by atoms with Crippen molar-refractivity contribution in [2.45, 2.75) is 26.6 Å². The fourth-order valence-electron chi connectivity index (χ4n) is 2.01. The lowest BCUT2D eigenvalue weighted by molar-refractivity contribution is 0.574. The Hall–Kier alpha value is -2.25. The minimum absolute atomic E-state index is 0.635. The van der Waals surface area contributed by atoms with Crippen molar-refractivity contribution in [3.05, 3.63) is 47.1 Å². The molecule has 0 saturated carbocycles. The van der Waals surface area contributed by atoms with E-state index >= 15 is 0 Å². The maximum absolute atomic E-state index is 5.81. The summed E-state index contributed by atoms with van der Waals surface area (Å²) in [5, 5.41) is 5.04. The van der Waals surface area contributed by atoms with E-state index < -0.39 is 8.07 Å². The van der Waals surface area contributed by atoms with E-state index in [0.29, 0.717) is 5.89 Å². The predicted molar refractivity (Wildman–Crippen MR) is 103 cm³/mol. The lowest BCUT2D eigenvalue weighted by atomic mass is 10.4. The lowest BCUT2D eigenvalue weighted by Crippen LogP contribution is -2.36. The van der Waals surface area contributed by atoms with E-state index in [2.05, 4.69) is 39.9 Å². The molecule has 1 N–H and O–H groups in total. The molecule has 3 rings (SSSR count). The Morgan fingerprint density at radius 3 is 2.67 bits per heavy atom. The Balaban J connectivity index is 1.68. The van der Waals surface area contributed by atoms with E-state index in [0.717, 1.165) is 26.9 Å². The van der Waals surface area contributed by atoms with Gasteiger partial charge in [0.1, 0.15) is 19.3 Å². The number of nitrogens with zero attached hydrogens (tertiary/aromatic N) is 3. The minimum atomic E-state index is -1.45. The Morgan fingerprint density at radius 1 is 1.12 bits per heavy atom. The third kappa shape index (κ3) is 4.18. The van der Waals surface area contributed by atoms with Crippen molar-refractivity contribution in [3.63, 3.8) is 0 Å². The molecule has 5 nitrogen and oxygen atoms in total. The summed E-state index contributed by atoms with van der Waals surface area (Å²) in [6.07, 6.45) is 7.51. The van der Waals surface area contributed by atoms with Crippen LogP contribution in [0.3, 0.4) is 0 Å². The quantitative estimate of drug-likeness (QED) is 0.691. The molecule has 7 heteroatoms. The highest BCUT2D eigenvalue weighted by molar-refractivity contribution is 7.16. The fourth-order valence-corrected chi connectivity index (χ4v) is 3.60. The standard InChI is InChI=1S/C17H20N4OSSi/c1-12-6-5-7-14(20-12)21-17-19-10-13(23-17)8-9-15-18-11-16(22-15)24(2,3)4/h5-11H,1-4H3,(H,19,20,21)/b9-8+. The molecule has 0 atom stereocenters. The molecule has 0 fully saturated rings. The highest BCUT2D eigenvalue weighted by atomic mass is 32.1. The van der Waals surface area contributed by atoms with E-state index in [1.807, 2.05) is 49.7 Å². The first-order valence-corrected chi connectivity index (χ1v) is 12.0. The van der Waals surface area contributed by atoms with Crippen LogP contribution in [-0.4, -0.2) is 23.0 Å². The summed E-state index contributed by atoms with van der Waals surface area (Å²) in [7, 11) is -1.45. The van der Waals surface area contributed by atoms with Gasteiger partial charge >= 0.3 is 0 Å². The Bertz CT molecular complexity index is 863. The van der Waals surface area contributed by atoms with Crippen molar-refractivity contribution in [3.8, 4) is 0 Å². The molecule has 3 heterocycles. The van der Waals surface area contributed by atoms with Gasteiger partial charge in [-0.1, -0.05) is 37.0 Å². The number of thiazole rings is 1. The van der Waals surface area contributed by atoms with E-state index in [9.17, 15) is 0 Å². The zero-order valence-corrected chi connectivity index (χ0v) is 16.0. The minimum Gasteiger partial charge on any atom is -0.447 e. The number of rotatable bonds is 5. The van der Waals surface area contributed by atoms with Crippen LogP contribution in [0.1, 0.15) is 16.5 Å². The molecule has 3 aromatic rings. The maximum atomic E-state index is 5.81. The zero-order chi connectivity index (χ0) is 17.2. The number of aryl methyl sites for hydroxylation is 1. The maximum Gasteiger partial charge on any atom is 0.218 e. The molecule has 3 aromatic heterocycles. The van der Waals surface area contributed by atoms with Crippen molar-refractivity contribution in [2.75, 3.05) is 5.32 Å². The van der Waals surface area contributed by atoms with Crippen molar-refractivity contribution in [1.29, 1.82) is 0 Å². The van der Waals surface area contributed by atoms with E-state index in [1.54, 1.807) is 11.3 Å². The molecular weight excluding hydrogens is 336 g/mol. The average Bonchev–Trinajstić information content (AvgIpc) is 3.13. The van der Waals surface area contributed by atoms with E-state index in [4.69, 9.17) is 4.42 Å². The van der Waals surface area contributed by atoms with Gasteiger partial charge in [0.15, 0.2) is 5.13 Å². The molecule has 0 saturated heterocycles. The Kier molecular flexibility index (Phi) is 4.63. The third-order valence-corrected chi connectivity index (χ3v) is 5.89. The lowest BCUT2D eigenvalue weighted by Gasteiger charge is -2.09. The number of pyridine rings is 1. The molecule has 0 amide bonds. The van der Waals surface area contributed by atoms with Crippen molar-refractivity contribution >= 4 is 47.9 Å². The molecular formula is C17H20N4OSSi. The number of nitrogens with one attached hydrogen (secondary N) is 1. The molecule has 0 radical (unpaired) electrons. The normalized spacial score (nSPS) is 12.0. The molecule has 0 spiro atoms. The molecule has 0 unspecified atom stereocenters. The average molecular weight is 357 g/mol. The number of aromatic nitrogens is 3. The summed E-state index contributed by atoms with van der Waals surface area (Å²) in [5.41, 5.74) is 0.971. The van der Waals surface area contributed by atoms with Gasteiger partial charge in [-0.05, 0) is 25.1 Å². The van der Waals surface area contributed by atoms with E-state index in [-0.39, 0.29) is 0 Å². The molecule has 0 aliphatic heterocycles. The van der Waals surface area contributed by atoms with Gasteiger partial charge in [-0.15, -0.1) is 0 Å². The topological polar surface area (TPSA) is 63.8 Å². The monoisotopic (exact) mass is 356 g/mol. The SMILES string of the molecule is Cc1cccc(Nc2ncc(/C=C/c3ncc([Si](C)(C)C)o3)s2)n1. The van der Waals surface area contributed by atoms with Crippen LogP contribution in [0.5, 0.6) is 0 Å². The van der Waals surface area contributed by atoms with Gasteiger partial charge in [0.2, 0.25) is 5.89 Å². The number of oxazole rings is 1. The summed E-state index contributed by atoms with van der Waals surface area (Å²) in [6, 6.07) is 5.86. The second kappa shape index (κ2) is 6.70. The van der Waals surface area contributed by atoms with Gasteiger partial charge in [0.25, 0.3) is 0 Å². The van der Waals surface area contributed by atoms with Gasteiger partial charge in [-0.3, -0.25) is 0 Å². The molecule has 24 heavy (non-hydrogen) atoms. The Labute approximate surface area is 146 Å². The highest BCUT2D eigenvalue weighted by Gasteiger charge is 2.21. The number of anilines is 2. The smallest absolute Gasteiger partial charge is 0.218 e. The molecule has 0 bridgehead atoms. The van der Waals surface area contributed by atoms with Crippen LogP contribution in [0.15, 0.2) is 35.0 Å².